The lowest BCUT2D eigenvalue weighted by atomic mass is 9.83. The Morgan fingerprint density at radius 1 is 0.949 bits per heavy atom. The van der Waals surface area contributed by atoms with Crippen LogP contribution in [0.1, 0.15) is 61.1 Å². The summed E-state index contributed by atoms with van der Waals surface area (Å²) in [6, 6.07) is 19.1. The number of hydrogen-bond donors (Lipinski definition) is 3. The van der Waals surface area contributed by atoms with Crippen LogP contribution in [-0.4, -0.2) is 31.2 Å². The van der Waals surface area contributed by atoms with Crippen LogP contribution in [0.2, 0.25) is 0 Å². The molecule has 3 aromatic rings. The van der Waals surface area contributed by atoms with Crippen molar-refractivity contribution in [2.75, 3.05) is 18.0 Å². The topological polar surface area (TPSA) is 128 Å². The monoisotopic (exact) mass is 552 g/mol. The number of rotatable bonds is 11. The number of hydrogen-bond acceptors (Lipinski definition) is 6. The van der Waals surface area contributed by atoms with Crippen molar-refractivity contribution < 1.29 is 27.2 Å². The Hall–Kier alpha value is -3.56. The van der Waals surface area contributed by atoms with E-state index in [-0.39, 0.29) is 18.9 Å². The maximum atomic E-state index is 11.9. The summed E-state index contributed by atoms with van der Waals surface area (Å²) in [7, 11) is -4.09. The molecule has 9 heteroatoms. The number of amides is 1. The second-order valence-corrected chi connectivity index (χ2v) is 11.7. The second-order valence-electron chi connectivity index (χ2n) is 10.1. The zero-order valence-electron chi connectivity index (χ0n) is 22.2. The highest BCUT2D eigenvalue weighted by Gasteiger charge is 2.20. The van der Waals surface area contributed by atoms with Crippen LogP contribution in [0, 0.1) is 6.92 Å². The molecule has 1 aliphatic rings. The maximum absolute atomic E-state index is 11.9. The highest BCUT2D eigenvalue weighted by molar-refractivity contribution is 7.85. The third-order valence-electron chi connectivity index (χ3n) is 6.82. The Morgan fingerprint density at radius 2 is 1.64 bits per heavy atom. The fraction of sp³-hybridized carbons (Fsp3) is 0.367. The Balaban J connectivity index is 1.37. The zero-order chi connectivity index (χ0) is 27.8. The molecule has 0 heterocycles. The first-order chi connectivity index (χ1) is 18.6. The van der Waals surface area contributed by atoms with Gasteiger partial charge in [0.05, 0.1) is 5.75 Å². The van der Waals surface area contributed by atoms with E-state index in [1.165, 1.54) is 43.2 Å². The molecule has 1 saturated carbocycles. The molecule has 1 fully saturated rings. The van der Waals surface area contributed by atoms with E-state index in [9.17, 15) is 13.2 Å². The van der Waals surface area contributed by atoms with E-state index in [1.807, 2.05) is 36.4 Å². The van der Waals surface area contributed by atoms with Crippen molar-refractivity contribution in [2.45, 2.75) is 57.8 Å². The summed E-state index contributed by atoms with van der Waals surface area (Å²) in [5.41, 5.74) is 10.1. The van der Waals surface area contributed by atoms with Gasteiger partial charge in [0, 0.05) is 36.9 Å². The van der Waals surface area contributed by atoms with Gasteiger partial charge in [-0.2, -0.15) is 8.42 Å². The summed E-state index contributed by atoms with van der Waals surface area (Å²) in [5, 5.41) is 2.48. The lowest BCUT2D eigenvalue weighted by Crippen LogP contribution is -2.29. The smallest absolute Gasteiger partial charge is 0.266 e. The lowest BCUT2D eigenvalue weighted by molar-refractivity contribution is -0.120. The molecule has 3 aromatic carbocycles. The van der Waals surface area contributed by atoms with Gasteiger partial charge in [-0.25, -0.2) is 0 Å². The van der Waals surface area contributed by atoms with Crippen molar-refractivity contribution in [3.05, 3.63) is 77.4 Å². The molecular weight excluding hydrogens is 516 g/mol. The van der Waals surface area contributed by atoms with Gasteiger partial charge in [-0.15, -0.1) is 0 Å². The van der Waals surface area contributed by atoms with Gasteiger partial charge >= 0.3 is 0 Å². The first-order valence-corrected chi connectivity index (χ1v) is 14.9. The van der Waals surface area contributed by atoms with Crippen LogP contribution in [0.25, 0.3) is 0 Å². The third kappa shape index (κ3) is 9.01. The number of ether oxygens (including phenoxy) is 2. The Kier molecular flexibility index (Phi) is 9.48. The fourth-order valence-corrected chi connectivity index (χ4v) is 5.22. The molecule has 1 aliphatic carbocycles. The van der Waals surface area contributed by atoms with Crippen molar-refractivity contribution in [2.24, 2.45) is 0 Å². The average molecular weight is 553 g/mol. The summed E-state index contributed by atoms with van der Waals surface area (Å²) < 4.78 is 42.6. The quantitative estimate of drug-likeness (QED) is 0.192. The molecule has 4 rings (SSSR count). The largest absolute Gasteiger partial charge is 0.457 e. The van der Waals surface area contributed by atoms with E-state index in [2.05, 4.69) is 24.4 Å². The minimum Gasteiger partial charge on any atom is -0.457 e. The lowest BCUT2D eigenvalue weighted by Gasteiger charge is -2.24. The van der Waals surface area contributed by atoms with Crippen LogP contribution >= 0.6 is 0 Å². The SMILES string of the molecule is Cc1ccc(Oc2cc(N)cc(Oc3ccc(CCC(=O)NCCS(=O)(=O)O)cc3)c2)c(C2CCCCC2)c1. The molecule has 0 bridgehead atoms. The molecule has 0 radical (unpaired) electrons. The van der Waals surface area contributed by atoms with Crippen molar-refractivity contribution in [1.29, 1.82) is 0 Å². The number of anilines is 1. The number of carbonyl (C=O) groups is 1. The normalized spacial score (nSPS) is 14.1. The van der Waals surface area contributed by atoms with Crippen molar-refractivity contribution in [3.8, 4) is 23.0 Å². The van der Waals surface area contributed by atoms with Crippen LogP contribution < -0.4 is 20.5 Å². The van der Waals surface area contributed by atoms with Gasteiger partial charge in [0.25, 0.3) is 10.1 Å². The molecule has 0 spiro atoms. The minimum absolute atomic E-state index is 0.123. The fourth-order valence-electron chi connectivity index (χ4n) is 4.86. The average Bonchev–Trinajstić information content (AvgIpc) is 2.89. The predicted octanol–water partition coefficient (Wildman–Crippen LogP) is 6.15. The number of benzene rings is 3. The van der Waals surface area contributed by atoms with Crippen LogP contribution in [0.3, 0.4) is 0 Å². The number of nitrogens with one attached hydrogen (secondary N) is 1. The number of nitrogen functional groups attached to an aromatic ring is 1. The predicted molar refractivity (Wildman–Crippen MR) is 152 cm³/mol. The van der Waals surface area contributed by atoms with E-state index >= 15 is 0 Å². The molecular formula is C30H36N2O6S. The van der Waals surface area contributed by atoms with Gasteiger partial charge < -0.3 is 20.5 Å². The molecule has 1 amide bonds. The van der Waals surface area contributed by atoms with E-state index in [1.54, 1.807) is 12.1 Å². The molecule has 0 unspecified atom stereocenters. The molecule has 0 saturated heterocycles. The first kappa shape index (κ1) is 28.4. The van der Waals surface area contributed by atoms with Gasteiger partial charge in [-0.3, -0.25) is 9.35 Å². The van der Waals surface area contributed by atoms with E-state index in [0.717, 1.165) is 11.3 Å². The molecule has 4 N–H and O–H groups in total. The maximum Gasteiger partial charge on any atom is 0.266 e. The van der Waals surface area contributed by atoms with Gasteiger partial charge in [0.2, 0.25) is 5.91 Å². The Labute approximate surface area is 230 Å². The Bertz CT molecular complexity index is 1380. The molecule has 39 heavy (non-hydrogen) atoms. The third-order valence-corrected chi connectivity index (χ3v) is 7.54. The van der Waals surface area contributed by atoms with Crippen LogP contribution in [-0.2, 0) is 21.3 Å². The molecule has 208 valence electrons. The summed E-state index contributed by atoms with van der Waals surface area (Å²) >= 11 is 0. The van der Waals surface area contributed by atoms with Gasteiger partial charge in [0.1, 0.15) is 23.0 Å². The summed E-state index contributed by atoms with van der Waals surface area (Å²) in [4.78, 5) is 11.9. The minimum atomic E-state index is -4.09. The van der Waals surface area contributed by atoms with Crippen LogP contribution in [0.15, 0.2) is 60.7 Å². The van der Waals surface area contributed by atoms with Gasteiger partial charge in [-0.1, -0.05) is 49.1 Å². The number of nitrogens with two attached hydrogens (primary N) is 1. The van der Waals surface area contributed by atoms with Crippen molar-refractivity contribution in [1.82, 2.24) is 5.32 Å². The van der Waals surface area contributed by atoms with Crippen LogP contribution in [0.4, 0.5) is 5.69 Å². The van der Waals surface area contributed by atoms with E-state index in [4.69, 9.17) is 19.8 Å². The Morgan fingerprint density at radius 3 is 2.33 bits per heavy atom. The number of aryl methyl sites for hydroxylation is 2. The van der Waals surface area contributed by atoms with E-state index < -0.39 is 15.9 Å². The van der Waals surface area contributed by atoms with Crippen molar-refractivity contribution in [3.63, 3.8) is 0 Å². The van der Waals surface area contributed by atoms with Gasteiger partial charge in [0.15, 0.2) is 0 Å². The van der Waals surface area contributed by atoms with Crippen molar-refractivity contribution >= 4 is 21.7 Å². The summed E-state index contributed by atoms with van der Waals surface area (Å²) in [6.45, 7) is 1.98. The standard InChI is InChI=1S/C30H36N2O6S/c1-21-7-13-29(28(17-21)23-5-3-2-4-6-23)38-27-19-24(31)18-26(20-27)37-25-11-8-22(9-12-25)10-14-30(33)32-15-16-39(34,35)36/h7-9,11-13,17-20,23H,2-6,10,14-16,31H2,1H3,(H,32,33)(H,34,35,36). The highest BCUT2D eigenvalue weighted by Crippen LogP contribution is 2.40. The summed E-state index contributed by atoms with van der Waals surface area (Å²) in [5.74, 6) is 2.36. The van der Waals surface area contributed by atoms with Crippen LogP contribution in [0.5, 0.6) is 23.0 Å². The molecule has 0 aliphatic heterocycles. The van der Waals surface area contributed by atoms with Gasteiger partial charge in [-0.05, 0) is 61.4 Å². The second kappa shape index (κ2) is 13.0. The molecule has 8 nitrogen and oxygen atoms in total. The highest BCUT2D eigenvalue weighted by atomic mass is 32.2. The van der Waals surface area contributed by atoms with E-state index in [0.29, 0.717) is 35.3 Å². The summed E-state index contributed by atoms with van der Waals surface area (Å²) in [6.07, 6.45) is 6.83. The molecule has 0 aromatic heterocycles. The zero-order valence-corrected chi connectivity index (χ0v) is 23.0. The first-order valence-electron chi connectivity index (χ1n) is 13.3. The number of carbonyl (C=O) groups excluding carboxylic acids is 1. The molecule has 0 atom stereocenters.